The van der Waals surface area contributed by atoms with E-state index in [1.807, 2.05) is 30.3 Å². The highest BCUT2D eigenvalue weighted by molar-refractivity contribution is 6.02. The van der Waals surface area contributed by atoms with Gasteiger partial charge >= 0.3 is 0 Å². The molecule has 3 aliphatic heterocycles. The average molecular weight is 551 g/mol. The van der Waals surface area contributed by atoms with E-state index in [-0.39, 0.29) is 29.3 Å². The van der Waals surface area contributed by atoms with Crippen LogP contribution in [0.25, 0.3) is 0 Å². The van der Waals surface area contributed by atoms with Crippen LogP contribution in [0.3, 0.4) is 0 Å². The van der Waals surface area contributed by atoms with E-state index in [9.17, 15) is 40.5 Å². The van der Waals surface area contributed by atoms with Crippen LogP contribution in [0.2, 0.25) is 0 Å². The molecule has 2 aromatic rings. The summed E-state index contributed by atoms with van der Waals surface area (Å²) in [5.74, 6) is -0.690. The quantitative estimate of drug-likeness (QED) is 0.215. The lowest BCUT2D eigenvalue weighted by Crippen LogP contribution is -2.62. The number of carbonyl (C=O) groups excluding carboxylic acids is 1. The molecule has 39 heavy (non-hydrogen) atoms. The van der Waals surface area contributed by atoms with Crippen molar-refractivity contribution in [1.29, 1.82) is 0 Å². The second-order valence-corrected chi connectivity index (χ2v) is 9.77. The maximum atomic E-state index is 12.8. The summed E-state index contributed by atoms with van der Waals surface area (Å²) in [5, 5.41) is 71.2. The molecule has 2 saturated heterocycles. The lowest BCUT2D eigenvalue weighted by molar-refractivity contribution is -0.329. The molecule has 0 amide bonds. The number of benzene rings is 2. The summed E-state index contributed by atoms with van der Waals surface area (Å²) in [7, 11) is 0. The molecule has 212 valence electrons. The van der Waals surface area contributed by atoms with Gasteiger partial charge in [0, 0.05) is 12.1 Å². The third-order valence-corrected chi connectivity index (χ3v) is 7.07. The largest absolute Gasteiger partial charge is 0.507 e. The third-order valence-electron chi connectivity index (χ3n) is 7.07. The monoisotopic (exact) mass is 550 g/mol. The minimum atomic E-state index is -2.04. The molecule has 5 rings (SSSR count). The zero-order valence-corrected chi connectivity index (χ0v) is 20.6. The Morgan fingerprint density at radius 3 is 2.44 bits per heavy atom. The molecule has 13 heteroatoms. The summed E-state index contributed by atoms with van der Waals surface area (Å²) in [6.07, 6.45) is -11.6. The van der Waals surface area contributed by atoms with Crippen LogP contribution >= 0.6 is 0 Å². The van der Waals surface area contributed by atoms with Gasteiger partial charge in [0.25, 0.3) is 0 Å². The topological polar surface area (TPSA) is 205 Å². The van der Waals surface area contributed by atoms with Crippen molar-refractivity contribution < 1.29 is 64.2 Å². The van der Waals surface area contributed by atoms with Crippen molar-refractivity contribution in [3.05, 3.63) is 53.6 Å². The van der Waals surface area contributed by atoms with Crippen molar-refractivity contribution in [1.82, 2.24) is 0 Å². The summed E-state index contributed by atoms with van der Waals surface area (Å²) in [6, 6.07) is 11.6. The second-order valence-electron chi connectivity index (χ2n) is 9.77. The van der Waals surface area contributed by atoms with Gasteiger partial charge in [-0.1, -0.05) is 30.3 Å². The Hall–Kier alpha value is -2.85. The fourth-order valence-electron chi connectivity index (χ4n) is 4.87. The van der Waals surface area contributed by atoms with Crippen molar-refractivity contribution in [2.75, 3.05) is 19.8 Å². The number of rotatable bonds is 7. The number of hydrogen-bond donors (Lipinski definition) is 7. The van der Waals surface area contributed by atoms with Gasteiger partial charge in [0.05, 0.1) is 26.2 Å². The lowest BCUT2D eigenvalue weighted by Gasteiger charge is -2.42. The number of aliphatic hydroxyl groups is 6. The third kappa shape index (κ3) is 5.20. The smallest absolute Gasteiger partial charge is 0.229 e. The number of ketones is 1. The first-order chi connectivity index (χ1) is 18.6. The van der Waals surface area contributed by atoms with Gasteiger partial charge < -0.3 is 59.4 Å². The highest BCUT2D eigenvalue weighted by atomic mass is 16.8. The molecule has 9 atom stereocenters. The van der Waals surface area contributed by atoms with Crippen LogP contribution in [0.15, 0.2) is 42.5 Å². The zero-order chi connectivity index (χ0) is 27.9. The van der Waals surface area contributed by atoms with Crippen LogP contribution in [0.1, 0.15) is 28.4 Å². The Morgan fingerprint density at radius 1 is 1.00 bits per heavy atom. The number of phenols is 1. The molecule has 3 aliphatic rings. The van der Waals surface area contributed by atoms with Crippen LogP contribution in [0, 0.1) is 0 Å². The Morgan fingerprint density at radius 2 is 1.74 bits per heavy atom. The first-order valence-corrected chi connectivity index (χ1v) is 12.3. The van der Waals surface area contributed by atoms with E-state index in [2.05, 4.69) is 0 Å². The highest BCUT2D eigenvalue weighted by Gasteiger charge is 2.55. The molecule has 2 fully saturated rings. The summed E-state index contributed by atoms with van der Waals surface area (Å²) in [6.45, 7) is -2.01. The van der Waals surface area contributed by atoms with Gasteiger partial charge in [0.15, 0.2) is 18.2 Å². The normalized spacial score (nSPS) is 36.3. The van der Waals surface area contributed by atoms with Gasteiger partial charge in [0.1, 0.15) is 58.9 Å². The Bertz CT molecular complexity index is 1170. The molecule has 7 N–H and O–H groups in total. The highest BCUT2D eigenvalue weighted by Crippen LogP contribution is 2.43. The molecule has 0 aromatic heterocycles. The van der Waals surface area contributed by atoms with Crippen LogP contribution in [0.4, 0.5) is 0 Å². The molecule has 2 aromatic carbocycles. The second kappa shape index (κ2) is 11.0. The number of phenolic OH excluding ortho intramolecular Hbond substituents is 1. The molecular weight excluding hydrogens is 520 g/mol. The number of hydrogen-bond acceptors (Lipinski definition) is 13. The minimum absolute atomic E-state index is 0.0112. The standard InChI is InChI=1S/C26H30O13/c27-9-18-20(31)21(32)22(33)24(38-18)39-23-25(35-11-26(23,34)10-28)36-13-6-14(29)19-15(30)8-16(37-17(19)7-13)12-4-2-1-3-5-12/h1-7,16,18,20-25,27-29,31-34H,8-11H2/t16-,18+,20+,21-,22+,23-,24-,25-,26+/m0/s1. The maximum Gasteiger partial charge on any atom is 0.229 e. The van der Waals surface area contributed by atoms with E-state index in [4.69, 9.17) is 23.7 Å². The average Bonchev–Trinajstić information content (AvgIpc) is 3.23. The van der Waals surface area contributed by atoms with Crippen LogP contribution < -0.4 is 9.47 Å². The van der Waals surface area contributed by atoms with Gasteiger partial charge in [-0.25, -0.2) is 0 Å². The predicted octanol–water partition coefficient (Wildman–Crippen LogP) is -1.26. The summed E-state index contributed by atoms with van der Waals surface area (Å²) in [5.41, 5.74) is -1.28. The molecule has 3 heterocycles. The maximum absolute atomic E-state index is 12.8. The van der Waals surface area contributed by atoms with E-state index >= 15 is 0 Å². The Kier molecular flexibility index (Phi) is 7.79. The van der Waals surface area contributed by atoms with Crippen molar-refractivity contribution >= 4 is 5.78 Å². The van der Waals surface area contributed by atoms with Crippen molar-refractivity contribution in [3.63, 3.8) is 0 Å². The van der Waals surface area contributed by atoms with Gasteiger partial charge in [-0.3, -0.25) is 4.79 Å². The van der Waals surface area contributed by atoms with Crippen LogP contribution in [-0.2, 0) is 14.2 Å². The van der Waals surface area contributed by atoms with E-state index in [1.54, 1.807) is 0 Å². The van der Waals surface area contributed by atoms with E-state index in [1.165, 1.54) is 6.07 Å². The van der Waals surface area contributed by atoms with E-state index in [0.29, 0.717) is 0 Å². The van der Waals surface area contributed by atoms with E-state index in [0.717, 1.165) is 11.6 Å². The Labute approximate surface area is 222 Å². The summed E-state index contributed by atoms with van der Waals surface area (Å²) in [4.78, 5) is 12.8. The minimum Gasteiger partial charge on any atom is -0.507 e. The van der Waals surface area contributed by atoms with Gasteiger partial charge in [0.2, 0.25) is 6.29 Å². The van der Waals surface area contributed by atoms with Crippen molar-refractivity contribution in [3.8, 4) is 17.2 Å². The number of carbonyl (C=O) groups is 1. The number of aliphatic hydroxyl groups excluding tert-OH is 5. The molecule has 0 aliphatic carbocycles. The predicted molar refractivity (Wildman–Crippen MR) is 128 cm³/mol. The summed E-state index contributed by atoms with van der Waals surface area (Å²) < 4.78 is 28.4. The molecule has 0 spiro atoms. The summed E-state index contributed by atoms with van der Waals surface area (Å²) >= 11 is 0. The fourth-order valence-corrected chi connectivity index (χ4v) is 4.87. The first kappa shape index (κ1) is 27.7. The van der Waals surface area contributed by atoms with Crippen molar-refractivity contribution in [2.24, 2.45) is 0 Å². The molecule has 0 saturated carbocycles. The SMILES string of the molecule is O=C1C[C@@H](c2ccccc2)Oc2cc(O[C@@H]3OC[C@](O)(CO)[C@H]3O[C@@H]3O[C@H](CO)[C@@H](O)[C@H](O)[C@H]3O)cc(O)c21. The Balaban J connectivity index is 1.38. The van der Waals surface area contributed by atoms with Crippen molar-refractivity contribution in [2.45, 2.75) is 61.2 Å². The zero-order valence-electron chi connectivity index (χ0n) is 20.6. The van der Waals surface area contributed by atoms with Gasteiger partial charge in [-0.05, 0) is 5.56 Å². The number of Topliss-reactive ketones (excluding diaryl/α,β-unsaturated/α-hetero) is 1. The van der Waals surface area contributed by atoms with Gasteiger partial charge in [-0.2, -0.15) is 0 Å². The molecular formula is C26H30O13. The van der Waals surface area contributed by atoms with Gasteiger partial charge in [-0.15, -0.1) is 0 Å². The molecule has 0 bridgehead atoms. The van der Waals surface area contributed by atoms with Crippen LogP contribution in [-0.4, -0.2) is 110 Å². The molecule has 13 nitrogen and oxygen atoms in total. The molecule has 0 radical (unpaired) electrons. The fraction of sp³-hybridized carbons (Fsp3) is 0.500. The number of ether oxygens (including phenoxy) is 5. The van der Waals surface area contributed by atoms with Crippen LogP contribution in [0.5, 0.6) is 17.2 Å². The lowest BCUT2D eigenvalue weighted by atomic mass is 9.95. The number of fused-ring (bicyclic) bond motifs is 1. The first-order valence-electron chi connectivity index (χ1n) is 12.3. The number of aromatic hydroxyl groups is 1. The molecule has 0 unspecified atom stereocenters. The van der Waals surface area contributed by atoms with E-state index < -0.39 is 80.4 Å².